The van der Waals surface area contributed by atoms with Crippen LogP contribution in [0.3, 0.4) is 0 Å². The number of ether oxygens (including phenoxy) is 2. The molecule has 1 saturated heterocycles. The van der Waals surface area contributed by atoms with Gasteiger partial charge in [-0.3, -0.25) is 0 Å². The zero-order chi connectivity index (χ0) is 19.2. The molecule has 3 heterocycles. The number of hydrogen-bond acceptors (Lipinski definition) is 5. The van der Waals surface area contributed by atoms with Gasteiger partial charge in [-0.05, 0) is 68.6 Å². The molecule has 26 heavy (non-hydrogen) atoms. The van der Waals surface area contributed by atoms with Gasteiger partial charge in [0.2, 0.25) is 0 Å². The Morgan fingerprint density at radius 3 is 2.69 bits per heavy atom. The van der Waals surface area contributed by atoms with Crippen LogP contribution in [-0.2, 0) is 15.9 Å². The maximum atomic E-state index is 12.5. The summed E-state index contributed by atoms with van der Waals surface area (Å²) in [7, 11) is 1.69. The number of amides is 1. The lowest BCUT2D eigenvalue weighted by Crippen LogP contribution is -2.58. The summed E-state index contributed by atoms with van der Waals surface area (Å²) in [4.78, 5) is 21.6. The number of aromatic nitrogens is 1. The van der Waals surface area contributed by atoms with Crippen LogP contribution in [0.15, 0.2) is 10.5 Å². The third-order valence-electron chi connectivity index (χ3n) is 4.93. The molecule has 0 spiro atoms. The minimum atomic E-state index is -0.478. The number of pyridine rings is 1. The highest BCUT2D eigenvalue weighted by molar-refractivity contribution is 9.10. The molecule has 0 saturated carbocycles. The number of hydrogen-bond donors (Lipinski definition) is 0. The molecule has 0 bridgehead atoms. The molecule has 0 radical (unpaired) electrons. The van der Waals surface area contributed by atoms with Gasteiger partial charge in [0.15, 0.2) is 0 Å². The van der Waals surface area contributed by atoms with Crippen molar-refractivity contribution in [1.29, 1.82) is 0 Å². The van der Waals surface area contributed by atoms with E-state index in [9.17, 15) is 4.79 Å². The van der Waals surface area contributed by atoms with E-state index in [1.165, 1.54) is 5.56 Å². The second-order valence-electron chi connectivity index (χ2n) is 8.22. The second-order valence-corrected chi connectivity index (χ2v) is 9.07. The molecular weight excluding hydrogens is 398 g/mol. The highest BCUT2D eigenvalue weighted by atomic mass is 79.9. The molecular formula is C19H28BrN3O3. The summed E-state index contributed by atoms with van der Waals surface area (Å²) in [6, 6.07) is 2.56. The summed E-state index contributed by atoms with van der Waals surface area (Å²) in [5, 5.41) is 0. The zero-order valence-corrected chi connectivity index (χ0v) is 18.0. The Balaban J connectivity index is 1.83. The van der Waals surface area contributed by atoms with Gasteiger partial charge in [-0.15, -0.1) is 0 Å². The normalized spacial score (nSPS) is 23.5. The van der Waals surface area contributed by atoms with Crippen molar-refractivity contribution in [1.82, 2.24) is 9.88 Å². The van der Waals surface area contributed by atoms with Gasteiger partial charge in [-0.25, -0.2) is 9.78 Å². The topological polar surface area (TPSA) is 54.9 Å². The van der Waals surface area contributed by atoms with Gasteiger partial charge < -0.3 is 19.3 Å². The van der Waals surface area contributed by atoms with Crippen LogP contribution >= 0.6 is 15.9 Å². The number of carbonyl (C=O) groups excluding carboxylic acids is 1. The van der Waals surface area contributed by atoms with E-state index in [1.54, 1.807) is 7.11 Å². The van der Waals surface area contributed by atoms with Crippen LogP contribution in [0, 0.1) is 0 Å². The molecule has 2 aliphatic rings. The lowest BCUT2D eigenvalue weighted by atomic mass is 10.1. The Morgan fingerprint density at radius 2 is 2.08 bits per heavy atom. The van der Waals surface area contributed by atoms with Crippen molar-refractivity contribution >= 4 is 27.8 Å². The Morgan fingerprint density at radius 1 is 1.38 bits per heavy atom. The van der Waals surface area contributed by atoms with Crippen LogP contribution in [0.5, 0.6) is 0 Å². The first-order valence-electron chi connectivity index (χ1n) is 9.09. The van der Waals surface area contributed by atoms with Gasteiger partial charge in [0.25, 0.3) is 0 Å². The molecule has 1 fully saturated rings. The largest absolute Gasteiger partial charge is 0.444 e. The van der Waals surface area contributed by atoms with E-state index in [2.05, 4.69) is 33.8 Å². The van der Waals surface area contributed by atoms with Gasteiger partial charge in [0.1, 0.15) is 11.4 Å². The molecule has 7 heteroatoms. The predicted octanol–water partition coefficient (Wildman–Crippen LogP) is 3.92. The summed E-state index contributed by atoms with van der Waals surface area (Å²) < 4.78 is 12.0. The maximum Gasteiger partial charge on any atom is 0.410 e. The molecule has 2 aliphatic heterocycles. The fourth-order valence-electron chi connectivity index (χ4n) is 3.76. The first-order chi connectivity index (χ1) is 12.1. The van der Waals surface area contributed by atoms with Crippen LogP contribution in [0.2, 0.25) is 0 Å². The predicted molar refractivity (Wildman–Crippen MR) is 105 cm³/mol. The van der Waals surface area contributed by atoms with Gasteiger partial charge in [-0.2, -0.15) is 0 Å². The lowest BCUT2D eigenvalue weighted by Gasteiger charge is -2.43. The number of piperazine rings is 1. The first kappa shape index (κ1) is 19.4. The third-order valence-corrected chi connectivity index (χ3v) is 5.57. The number of rotatable bonds is 2. The van der Waals surface area contributed by atoms with E-state index < -0.39 is 5.60 Å². The van der Waals surface area contributed by atoms with Crippen LogP contribution < -0.4 is 4.90 Å². The van der Waals surface area contributed by atoms with E-state index in [0.717, 1.165) is 22.4 Å². The van der Waals surface area contributed by atoms with Gasteiger partial charge in [0, 0.05) is 30.7 Å². The fourth-order valence-corrected chi connectivity index (χ4v) is 4.45. The Bertz CT molecular complexity index is 704. The maximum absolute atomic E-state index is 12.5. The van der Waals surface area contributed by atoms with Crippen LogP contribution in [0.1, 0.15) is 52.0 Å². The average Bonchev–Trinajstić information content (AvgIpc) is 2.89. The standard InChI is InChI=1S/C19H28BrN3O3/c1-11-9-22(18(24)26-19(3,4)5)10-14-7-13-8-15(20)16(12(2)25-6)21-17(13)23(11)14/h8,11-12,14H,7,9-10H2,1-6H3/t11-,12+,14-/m1/s1. The summed E-state index contributed by atoms with van der Waals surface area (Å²) in [6.07, 6.45) is 0.571. The molecule has 144 valence electrons. The van der Waals surface area contributed by atoms with Gasteiger partial charge >= 0.3 is 6.09 Å². The Kier molecular flexibility index (Phi) is 5.23. The van der Waals surface area contributed by atoms with E-state index in [0.29, 0.717) is 13.1 Å². The Hall–Kier alpha value is -1.34. The molecule has 6 nitrogen and oxygen atoms in total. The molecule has 3 atom stereocenters. The van der Waals surface area contributed by atoms with Crippen molar-refractivity contribution in [2.75, 3.05) is 25.1 Å². The molecule has 1 aromatic heterocycles. The quantitative estimate of drug-likeness (QED) is 0.718. The Labute approximate surface area is 164 Å². The summed E-state index contributed by atoms with van der Waals surface area (Å²) in [6.45, 7) is 11.1. The first-order valence-corrected chi connectivity index (χ1v) is 9.88. The van der Waals surface area contributed by atoms with Crippen molar-refractivity contribution in [2.24, 2.45) is 0 Å². The second kappa shape index (κ2) is 7.00. The van der Waals surface area contributed by atoms with E-state index in [1.807, 2.05) is 32.6 Å². The lowest BCUT2D eigenvalue weighted by molar-refractivity contribution is 0.0191. The number of methoxy groups -OCH3 is 1. The van der Waals surface area contributed by atoms with E-state index in [-0.39, 0.29) is 24.3 Å². The average molecular weight is 426 g/mol. The zero-order valence-electron chi connectivity index (χ0n) is 16.4. The smallest absolute Gasteiger partial charge is 0.410 e. The molecule has 0 N–H and O–H groups in total. The van der Waals surface area contributed by atoms with Crippen molar-refractivity contribution in [3.05, 3.63) is 21.8 Å². The van der Waals surface area contributed by atoms with Crippen molar-refractivity contribution in [3.63, 3.8) is 0 Å². The van der Waals surface area contributed by atoms with E-state index in [4.69, 9.17) is 14.5 Å². The fraction of sp³-hybridized carbons (Fsp3) is 0.684. The van der Waals surface area contributed by atoms with Crippen LogP contribution in [0.25, 0.3) is 0 Å². The third kappa shape index (κ3) is 3.69. The van der Waals surface area contributed by atoms with Crippen molar-refractivity contribution in [2.45, 2.75) is 64.8 Å². The SMILES string of the molecule is CO[C@@H](C)c1nc2c(cc1Br)C[C@@H]1CN(C(=O)OC(C)(C)C)C[C@@H](C)N21. The van der Waals surface area contributed by atoms with Crippen molar-refractivity contribution in [3.8, 4) is 0 Å². The summed E-state index contributed by atoms with van der Waals surface area (Å²) in [5.41, 5.74) is 1.65. The van der Waals surface area contributed by atoms with Gasteiger partial charge in [-0.1, -0.05) is 0 Å². The van der Waals surface area contributed by atoms with Crippen LogP contribution in [-0.4, -0.2) is 53.9 Å². The summed E-state index contributed by atoms with van der Waals surface area (Å²) in [5.74, 6) is 1.02. The number of halogens is 1. The highest BCUT2D eigenvalue weighted by Crippen LogP contribution is 2.39. The number of anilines is 1. The number of carbonyl (C=O) groups is 1. The molecule has 0 aliphatic carbocycles. The highest BCUT2D eigenvalue weighted by Gasteiger charge is 2.42. The van der Waals surface area contributed by atoms with Crippen LogP contribution in [0.4, 0.5) is 10.6 Å². The number of nitrogens with zero attached hydrogens (tertiary/aromatic N) is 3. The molecule has 0 aromatic carbocycles. The molecule has 1 aromatic rings. The van der Waals surface area contributed by atoms with E-state index >= 15 is 0 Å². The number of fused-ring (bicyclic) bond motifs is 3. The summed E-state index contributed by atoms with van der Waals surface area (Å²) >= 11 is 3.63. The molecule has 0 unspecified atom stereocenters. The minimum Gasteiger partial charge on any atom is -0.444 e. The monoisotopic (exact) mass is 425 g/mol. The van der Waals surface area contributed by atoms with Gasteiger partial charge in [0.05, 0.1) is 17.8 Å². The molecule has 3 rings (SSSR count). The van der Waals surface area contributed by atoms with Crippen molar-refractivity contribution < 1.29 is 14.3 Å². The molecule has 1 amide bonds. The minimum absolute atomic E-state index is 0.0768.